The molecule has 1 aromatic carbocycles. The second kappa shape index (κ2) is 4.63. The molecule has 0 radical (unpaired) electrons. The normalized spacial score (nSPS) is 33.6. The van der Waals surface area contributed by atoms with Crippen LogP contribution in [0.1, 0.15) is 31.9 Å². The van der Waals surface area contributed by atoms with Crippen LogP contribution in [0.15, 0.2) is 30.3 Å². The highest BCUT2D eigenvalue weighted by Crippen LogP contribution is 2.44. The van der Waals surface area contributed by atoms with Gasteiger partial charge in [-0.2, -0.15) is 5.53 Å². The van der Waals surface area contributed by atoms with Gasteiger partial charge in [-0.1, -0.05) is 44.2 Å². The van der Waals surface area contributed by atoms with Gasteiger partial charge < -0.3 is 5.32 Å². The Morgan fingerprint density at radius 2 is 1.94 bits per heavy atom. The average Bonchev–Trinajstić information content (AvgIpc) is 2.78. The minimum Gasteiger partial charge on any atom is -0.312 e. The van der Waals surface area contributed by atoms with E-state index in [9.17, 15) is 0 Å². The summed E-state index contributed by atoms with van der Waals surface area (Å²) in [5.74, 6) is 0. The number of benzene rings is 1. The maximum absolute atomic E-state index is 3.65. The van der Waals surface area contributed by atoms with E-state index in [2.05, 4.69) is 65.9 Å². The Morgan fingerprint density at radius 1 is 1.22 bits per heavy atom. The molecule has 0 bridgehead atoms. The predicted molar refractivity (Wildman–Crippen MR) is 72.6 cm³/mol. The molecule has 1 saturated heterocycles. The summed E-state index contributed by atoms with van der Waals surface area (Å²) in [6.07, 6.45) is 1.29. The number of rotatable bonds is 4. The van der Waals surface area contributed by atoms with E-state index in [1.54, 1.807) is 0 Å². The molecule has 98 valence electrons. The van der Waals surface area contributed by atoms with Crippen LogP contribution in [-0.4, -0.2) is 18.6 Å². The van der Waals surface area contributed by atoms with Crippen molar-refractivity contribution in [3.63, 3.8) is 0 Å². The van der Waals surface area contributed by atoms with Gasteiger partial charge in [0.25, 0.3) is 0 Å². The molecule has 3 rings (SSSR count). The first-order valence-corrected chi connectivity index (χ1v) is 6.71. The largest absolute Gasteiger partial charge is 0.312 e. The average molecular weight is 246 g/mol. The molecule has 18 heavy (non-hydrogen) atoms. The number of hydrogen-bond donors (Lipinski definition) is 4. The lowest BCUT2D eigenvalue weighted by atomic mass is 10.0. The van der Waals surface area contributed by atoms with Crippen molar-refractivity contribution in [3.8, 4) is 0 Å². The molecule has 4 nitrogen and oxygen atoms in total. The van der Waals surface area contributed by atoms with Gasteiger partial charge in [-0.3, -0.25) is 0 Å². The summed E-state index contributed by atoms with van der Waals surface area (Å²) in [5.41, 5.74) is 11.4. The standard InChI is InChI=1S/C14H22N4/c1-14(2)8-12(14)15-9-11-13(17-18-16-11)10-6-4-3-5-7-10/h3-7,11-13,15-18H,8-9H2,1-2H3. The molecule has 4 N–H and O–H groups in total. The molecular weight excluding hydrogens is 224 g/mol. The number of nitrogens with one attached hydrogen (secondary N) is 4. The third-order valence-electron chi connectivity index (χ3n) is 4.14. The highest BCUT2D eigenvalue weighted by Gasteiger charge is 2.45. The molecule has 4 heteroatoms. The van der Waals surface area contributed by atoms with E-state index in [0.29, 0.717) is 23.5 Å². The molecule has 2 aliphatic rings. The zero-order valence-electron chi connectivity index (χ0n) is 11.0. The van der Waals surface area contributed by atoms with Crippen molar-refractivity contribution in [2.75, 3.05) is 6.54 Å². The van der Waals surface area contributed by atoms with Gasteiger partial charge in [-0.25, -0.2) is 10.9 Å². The van der Waals surface area contributed by atoms with Crippen LogP contribution in [0.4, 0.5) is 0 Å². The summed E-state index contributed by atoms with van der Waals surface area (Å²) in [6, 6.07) is 11.9. The molecule has 0 aromatic heterocycles. The molecular formula is C14H22N4. The first kappa shape index (κ1) is 12.1. The Morgan fingerprint density at radius 3 is 2.61 bits per heavy atom. The first-order chi connectivity index (χ1) is 8.67. The molecule has 1 heterocycles. The van der Waals surface area contributed by atoms with Crippen molar-refractivity contribution < 1.29 is 0 Å². The maximum Gasteiger partial charge on any atom is 0.0655 e. The smallest absolute Gasteiger partial charge is 0.0655 e. The number of hydrazine groups is 2. The Hall–Kier alpha value is -0.940. The fraction of sp³-hybridized carbons (Fsp3) is 0.571. The second-order valence-corrected chi connectivity index (χ2v) is 6.06. The van der Waals surface area contributed by atoms with E-state index in [1.807, 2.05) is 0 Å². The van der Waals surface area contributed by atoms with Gasteiger partial charge >= 0.3 is 0 Å². The van der Waals surface area contributed by atoms with Crippen LogP contribution in [0.5, 0.6) is 0 Å². The van der Waals surface area contributed by atoms with Gasteiger partial charge in [0.05, 0.1) is 12.1 Å². The fourth-order valence-electron chi connectivity index (χ4n) is 2.63. The van der Waals surface area contributed by atoms with Gasteiger partial charge in [-0.15, -0.1) is 0 Å². The highest BCUT2D eigenvalue weighted by molar-refractivity contribution is 5.21. The Labute approximate surface area is 108 Å². The zero-order valence-corrected chi connectivity index (χ0v) is 11.0. The van der Waals surface area contributed by atoms with Crippen molar-refractivity contribution in [2.45, 2.75) is 38.4 Å². The van der Waals surface area contributed by atoms with Crippen molar-refractivity contribution in [1.82, 2.24) is 21.7 Å². The van der Waals surface area contributed by atoms with Crippen LogP contribution in [0.25, 0.3) is 0 Å². The quantitative estimate of drug-likeness (QED) is 0.642. The van der Waals surface area contributed by atoms with Gasteiger partial charge in [0.2, 0.25) is 0 Å². The minimum absolute atomic E-state index is 0.320. The zero-order chi connectivity index (χ0) is 12.6. The van der Waals surface area contributed by atoms with Gasteiger partial charge in [0.1, 0.15) is 0 Å². The summed E-state index contributed by atoms with van der Waals surface area (Å²) in [7, 11) is 0. The van der Waals surface area contributed by atoms with Crippen LogP contribution >= 0.6 is 0 Å². The molecule has 3 atom stereocenters. The molecule has 1 aromatic rings. The Kier molecular flexibility index (Phi) is 3.11. The van der Waals surface area contributed by atoms with Crippen LogP contribution < -0.4 is 21.7 Å². The summed E-state index contributed by atoms with van der Waals surface area (Å²) in [4.78, 5) is 0. The number of hydrogen-bond acceptors (Lipinski definition) is 4. The third kappa shape index (κ3) is 2.42. The molecule has 0 amide bonds. The first-order valence-electron chi connectivity index (χ1n) is 6.71. The highest BCUT2D eigenvalue weighted by atomic mass is 15.7. The van der Waals surface area contributed by atoms with Crippen LogP contribution in [0.2, 0.25) is 0 Å². The molecule has 1 aliphatic heterocycles. The molecule has 0 spiro atoms. The van der Waals surface area contributed by atoms with Gasteiger partial charge in [0.15, 0.2) is 0 Å². The molecule has 2 fully saturated rings. The van der Waals surface area contributed by atoms with Crippen molar-refractivity contribution >= 4 is 0 Å². The van der Waals surface area contributed by atoms with Crippen molar-refractivity contribution in [3.05, 3.63) is 35.9 Å². The van der Waals surface area contributed by atoms with E-state index in [4.69, 9.17) is 0 Å². The van der Waals surface area contributed by atoms with E-state index >= 15 is 0 Å². The van der Waals surface area contributed by atoms with Crippen LogP contribution in [-0.2, 0) is 0 Å². The Balaban J connectivity index is 1.58. The second-order valence-electron chi connectivity index (χ2n) is 6.06. The lowest BCUT2D eigenvalue weighted by molar-refractivity contribution is 0.454. The van der Waals surface area contributed by atoms with E-state index in [-0.39, 0.29) is 0 Å². The molecule has 3 unspecified atom stereocenters. The molecule has 1 saturated carbocycles. The SMILES string of the molecule is CC1(C)CC1NCC1NNNC1c1ccccc1. The fourth-order valence-corrected chi connectivity index (χ4v) is 2.63. The topological polar surface area (TPSA) is 48.1 Å². The summed E-state index contributed by atoms with van der Waals surface area (Å²) in [6.45, 7) is 5.61. The summed E-state index contributed by atoms with van der Waals surface area (Å²) < 4.78 is 0. The van der Waals surface area contributed by atoms with Crippen LogP contribution in [0.3, 0.4) is 0 Å². The molecule has 1 aliphatic carbocycles. The van der Waals surface area contributed by atoms with Gasteiger partial charge in [-0.05, 0) is 17.4 Å². The maximum atomic E-state index is 3.65. The predicted octanol–water partition coefficient (Wildman–Crippen LogP) is 1.10. The lowest BCUT2D eigenvalue weighted by Crippen LogP contribution is -2.41. The Bertz CT molecular complexity index is 404. The third-order valence-corrected chi connectivity index (χ3v) is 4.14. The lowest BCUT2D eigenvalue weighted by Gasteiger charge is -2.19. The van der Waals surface area contributed by atoms with Gasteiger partial charge in [0, 0.05) is 12.6 Å². The summed E-state index contributed by atoms with van der Waals surface area (Å²) in [5, 5.41) is 3.65. The van der Waals surface area contributed by atoms with E-state index < -0.39 is 0 Å². The monoisotopic (exact) mass is 246 g/mol. The van der Waals surface area contributed by atoms with Crippen molar-refractivity contribution in [2.24, 2.45) is 5.41 Å². The van der Waals surface area contributed by atoms with Crippen molar-refractivity contribution in [1.29, 1.82) is 0 Å². The van der Waals surface area contributed by atoms with E-state index in [0.717, 1.165) is 6.54 Å². The van der Waals surface area contributed by atoms with E-state index in [1.165, 1.54) is 12.0 Å². The minimum atomic E-state index is 0.320. The summed E-state index contributed by atoms with van der Waals surface area (Å²) >= 11 is 0. The van der Waals surface area contributed by atoms with Crippen LogP contribution in [0, 0.1) is 5.41 Å².